The van der Waals surface area contributed by atoms with E-state index >= 15 is 0 Å². The SMILES string of the molecule is Cc1cnc(S(=O)(=O)C(C)c2ncc(C(C)(C)C)o2)nc1. The summed E-state index contributed by atoms with van der Waals surface area (Å²) >= 11 is 0. The van der Waals surface area contributed by atoms with Crippen LogP contribution in [-0.4, -0.2) is 23.4 Å². The molecule has 2 aromatic heterocycles. The summed E-state index contributed by atoms with van der Waals surface area (Å²) in [6.45, 7) is 9.24. The van der Waals surface area contributed by atoms with E-state index in [2.05, 4.69) is 15.0 Å². The highest BCUT2D eigenvalue weighted by Gasteiger charge is 2.32. The van der Waals surface area contributed by atoms with Crippen molar-refractivity contribution in [3.8, 4) is 0 Å². The first-order valence-corrected chi connectivity index (χ1v) is 8.16. The minimum atomic E-state index is -3.72. The van der Waals surface area contributed by atoms with Gasteiger partial charge in [-0.15, -0.1) is 0 Å². The third-order valence-corrected chi connectivity index (χ3v) is 4.94. The molecule has 1 atom stereocenters. The molecular weight excluding hydrogens is 290 g/mol. The highest BCUT2D eigenvalue weighted by Crippen LogP contribution is 2.29. The fourth-order valence-electron chi connectivity index (χ4n) is 1.64. The van der Waals surface area contributed by atoms with Crippen molar-refractivity contribution in [2.45, 2.75) is 50.4 Å². The standard InChI is InChI=1S/C14H19N3O3S/c1-9-6-16-13(17-7-9)21(18,19)10(2)12-15-8-11(20-12)14(3,4)5/h6-8,10H,1-5H3. The maximum atomic E-state index is 12.5. The van der Waals surface area contributed by atoms with Gasteiger partial charge in [-0.3, -0.25) is 0 Å². The maximum Gasteiger partial charge on any atom is 0.247 e. The Balaban J connectivity index is 2.36. The number of oxazole rings is 1. The molecule has 21 heavy (non-hydrogen) atoms. The Kier molecular flexibility index (Phi) is 3.88. The lowest BCUT2D eigenvalue weighted by Crippen LogP contribution is -2.14. The molecule has 0 spiro atoms. The molecule has 0 saturated heterocycles. The fraction of sp³-hybridized carbons (Fsp3) is 0.500. The number of aromatic nitrogens is 3. The molecule has 2 rings (SSSR count). The number of rotatable bonds is 3. The van der Waals surface area contributed by atoms with Crippen LogP contribution in [0.5, 0.6) is 0 Å². The molecule has 0 radical (unpaired) electrons. The Bertz CT molecular complexity index is 728. The molecule has 0 aliphatic carbocycles. The summed E-state index contributed by atoms with van der Waals surface area (Å²) in [7, 11) is -3.72. The summed E-state index contributed by atoms with van der Waals surface area (Å²) in [4.78, 5) is 11.9. The maximum absolute atomic E-state index is 12.5. The third-order valence-electron chi connectivity index (χ3n) is 3.09. The van der Waals surface area contributed by atoms with Crippen LogP contribution in [-0.2, 0) is 15.3 Å². The van der Waals surface area contributed by atoms with Crippen molar-refractivity contribution < 1.29 is 12.8 Å². The highest BCUT2D eigenvalue weighted by atomic mass is 32.2. The summed E-state index contributed by atoms with van der Waals surface area (Å²) in [5, 5.41) is -1.15. The quantitative estimate of drug-likeness (QED) is 0.810. The Hall–Kier alpha value is -1.76. The molecule has 0 aliphatic rings. The van der Waals surface area contributed by atoms with Gasteiger partial charge in [0, 0.05) is 17.8 Å². The first-order chi connectivity index (χ1) is 9.62. The number of hydrogen-bond donors (Lipinski definition) is 0. The van der Waals surface area contributed by atoms with E-state index in [1.165, 1.54) is 19.3 Å². The zero-order valence-corrected chi connectivity index (χ0v) is 13.6. The third kappa shape index (κ3) is 3.12. The van der Waals surface area contributed by atoms with Gasteiger partial charge in [0.05, 0.1) is 6.20 Å². The molecule has 0 aromatic carbocycles. The summed E-state index contributed by atoms with van der Waals surface area (Å²) in [6, 6.07) is 0. The summed E-state index contributed by atoms with van der Waals surface area (Å²) in [6.07, 6.45) is 4.52. The van der Waals surface area contributed by atoms with Crippen LogP contribution in [0.3, 0.4) is 0 Å². The van der Waals surface area contributed by atoms with Gasteiger partial charge in [0.25, 0.3) is 0 Å². The van der Waals surface area contributed by atoms with Gasteiger partial charge in [0.15, 0.2) is 0 Å². The first kappa shape index (κ1) is 15.6. The van der Waals surface area contributed by atoms with E-state index in [4.69, 9.17) is 4.42 Å². The first-order valence-electron chi connectivity index (χ1n) is 6.61. The van der Waals surface area contributed by atoms with E-state index in [0.29, 0.717) is 5.76 Å². The van der Waals surface area contributed by atoms with Crippen LogP contribution >= 0.6 is 0 Å². The van der Waals surface area contributed by atoms with Gasteiger partial charge in [-0.25, -0.2) is 23.4 Å². The molecule has 0 saturated carbocycles. The molecule has 0 bridgehead atoms. The minimum Gasteiger partial charge on any atom is -0.444 e. The van der Waals surface area contributed by atoms with Crippen LogP contribution in [0, 0.1) is 6.92 Å². The zero-order valence-electron chi connectivity index (χ0n) is 12.8. The van der Waals surface area contributed by atoms with Gasteiger partial charge >= 0.3 is 0 Å². The molecule has 1 unspecified atom stereocenters. The largest absolute Gasteiger partial charge is 0.444 e. The molecule has 6 nitrogen and oxygen atoms in total. The Labute approximate surface area is 124 Å². The van der Waals surface area contributed by atoms with E-state index in [9.17, 15) is 8.42 Å². The summed E-state index contributed by atoms with van der Waals surface area (Å²) < 4.78 is 30.6. The predicted molar refractivity (Wildman–Crippen MR) is 77.6 cm³/mol. The van der Waals surface area contributed by atoms with Crippen molar-refractivity contribution in [3.63, 3.8) is 0 Å². The van der Waals surface area contributed by atoms with E-state index in [0.717, 1.165) is 5.56 Å². The van der Waals surface area contributed by atoms with Crippen LogP contribution < -0.4 is 0 Å². The van der Waals surface area contributed by atoms with Gasteiger partial charge in [0.2, 0.25) is 20.9 Å². The van der Waals surface area contributed by atoms with Crippen molar-refractivity contribution in [2.75, 3.05) is 0 Å². The van der Waals surface area contributed by atoms with Crippen molar-refractivity contribution in [1.29, 1.82) is 0 Å². The molecular formula is C14H19N3O3S. The topological polar surface area (TPSA) is 86.0 Å². The average molecular weight is 309 g/mol. The molecule has 0 aliphatic heterocycles. The lowest BCUT2D eigenvalue weighted by atomic mass is 9.94. The van der Waals surface area contributed by atoms with Crippen LogP contribution in [0.25, 0.3) is 0 Å². The Morgan fingerprint density at radius 2 is 1.67 bits per heavy atom. The monoisotopic (exact) mass is 309 g/mol. The lowest BCUT2D eigenvalue weighted by molar-refractivity contribution is 0.380. The fourth-order valence-corrected chi connectivity index (χ4v) is 2.73. The number of nitrogens with zero attached hydrogens (tertiary/aromatic N) is 3. The van der Waals surface area contributed by atoms with Gasteiger partial charge in [0.1, 0.15) is 11.0 Å². The van der Waals surface area contributed by atoms with E-state index in [1.807, 2.05) is 20.8 Å². The number of aryl methyl sites for hydroxylation is 1. The van der Waals surface area contributed by atoms with Crippen molar-refractivity contribution in [1.82, 2.24) is 15.0 Å². The molecule has 2 heterocycles. The summed E-state index contributed by atoms with van der Waals surface area (Å²) in [5.41, 5.74) is 0.572. The second kappa shape index (κ2) is 5.22. The smallest absolute Gasteiger partial charge is 0.247 e. The van der Waals surface area contributed by atoms with Crippen LogP contribution in [0.1, 0.15) is 50.2 Å². The average Bonchev–Trinajstić information content (AvgIpc) is 2.87. The lowest BCUT2D eigenvalue weighted by Gasteiger charge is -2.14. The minimum absolute atomic E-state index is 0.157. The van der Waals surface area contributed by atoms with Gasteiger partial charge in [-0.2, -0.15) is 0 Å². The molecule has 0 amide bonds. The Morgan fingerprint density at radius 3 is 2.14 bits per heavy atom. The Morgan fingerprint density at radius 1 is 1.10 bits per heavy atom. The number of sulfone groups is 1. The molecule has 0 N–H and O–H groups in total. The van der Waals surface area contributed by atoms with E-state index in [-0.39, 0.29) is 16.5 Å². The molecule has 7 heteroatoms. The van der Waals surface area contributed by atoms with Crippen molar-refractivity contribution in [2.24, 2.45) is 0 Å². The molecule has 2 aromatic rings. The van der Waals surface area contributed by atoms with Crippen LogP contribution in [0.15, 0.2) is 28.2 Å². The predicted octanol–water partition coefficient (Wildman–Crippen LogP) is 2.61. The second-order valence-corrected chi connectivity index (χ2v) is 8.21. The normalized spacial score (nSPS) is 14.1. The van der Waals surface area contributed by atoms with Crippen LogP contribution in [0.2, 0.25) is 0 Å². The molecule has 114 valence electrons. The highest BCUT2D eigenvalue weighted by molar-refractivity contribution is 7.91. The molecule has 0 fully saturated rings. The van der Waals surface area contributed by atoms with E-state index in [1.54, 1.807) is 13.1 Å². The van der Waals surface area contributed by atoms with Gasteiger partial charge < -0.3 is 4.42 Å². The van der Waals surface area contributed by atoms with Gasteiger partial charge in [-0.05, 0) is 19.4 Å². The van der Waals surface area contributed by atoms with E-state index < -0.39 is 15.1 Å². The van der Waals surface area contributed by atoms with Crippen LogP contribution in [0.4, 0.5) is 0 Å². The van der Waals surface area contributed by atoms with Crippen molar-refractivity contribution >= 4 is 9.84 Å². The number of hydrogen-bond acceptors (Lipinski definition) is 6. The second-order valence-electron chi connectivity index (χ2n) is 6.04. The van der Waals surface area contributed by atoms with Crippen molar-refractivity contribution in [3.05, 3.63) is 35.8 Å². The zero-order chi connectivity index (χ0) is 15.8. The summed E-state index contributed by atoms with van der Waals surface area (Å²) in [5.74, 6) is 0.800. The van der Waals surface area contributed by atoms with Gasteiger partial charge in [-0.1, -0.05) is 20.8 Å².